The van der Waals surface area contributed by atoms with Crippen molar-refractivity contribution in [1.29, 1.82) is 0 Å². The fraction of sp³-hybridized carbons (Fsp3) is 0.500. The van der Waals surface area contributed by atoms with Crippen molar-refractivity contribution in [3.05, 3.63) is 30.0 Å². The Morgan fingerprint density at radius 1 is 1.33 bits per heavy atom. The van der Waals surface area contributed by atoms with E-state index in [0.717, 1.165) is 36.8 Å². The Morgan fingerprint density at radius 3 is 2.76 bits per heavy atom. The van der Waals surface area contributed by atoms with Gasteiger partial charge in [0.1, 0.15) is 0 Å². The first-order valence-corrected chi connectivity index (χ1v) is 7.63. The monoisotopic (exact) mass is 286 g/mol. The number of nitrogens with one attached hydrogen (secondary N) is 2. The fourth-order valence-electron chi connectivity index (χ4n) is 2.95. The van der Waals surface area contributed by atoms with Gasteiger partial charge in [-0.2, -0.15) is 5.10 Å². The van der Waals surface area contributed by atoms with E-state index in [-0.39, 0.29) is 11.9 Å². The van der Waals surface area contributed by atoms with Crippen LogP contribution in [-0.2, 0) is 0 Å². The van der Waals surface area contributed by atoms with Crippen molar-refractivity contribution in [2.75, 3.05) is 13.1 Å². The molecule has 0 radical (unpaired) electrons. The summed E-state index contributed by atoms with van der Waals surface area (Å²) in [5, 5.41) is 11.1. The number of benzene rings is 1. The molecule has 0 spiro atoms. The van der Waals surface area contributed by atoms with E-state index in [2.05, 4.69) is 34.3 Å². The topological polar surface area (TPSA) is 61.0 Å². The van der Waals surface area contributed by atoms with Gasteiger partial charge in [0.25, 0.3) is 5.91 Å². The summed E-state index contributed by atoms with van der Waals surface area (Å²) in [6, 6.07) is 8.55. The molecule has 1 fully saturated rings. The average Bonchev–Trinajstić information content (AvgIpc) is 2.92. The number of piperidine rings is 1. The van der Waals surface area contributed by atoms with Gasteiger partial charge in [0, 0.05) is 30.6 Å². The zero-order valence-electron chi connectivity index (χ0n) is 12.6. The molecule has 1 saturated heterocycles. The number of H-pyrrole nitrogens is 1. The highest BCUT2D eigenvalue weighted by Gasteiger charge is 2.23. The summed E-state index contributed by atoms with van der Waals surface area (Å²) in [4.78, 5) is 14.8. The van der Waals surface area contributed by atoms with E-state index in [9.17, 15) is 4.79 Å². The second kappa shape index (κ2) is 5.85. The quantitative estimate of drug-likeness (QED) is 0.909. The number of aromatic amines is 1. The predicted octanol–water partition coefficient (Wildman–Crippen LogP) is 2.17. The van der Waals surface area contributed by atoms with Crippen LogP contribution in [0, 0.1) is 0 Å². The van der Waals surface area contributed by atoms with Gasteiger partial charge in [-0.25, -0.2) is 0 Å². The Hall–Kier alpha value is -1.88. The fourth-order valence-corrected chi connectivity index (χ4v) is 2.95. The average molecular weight is 286 g/mol. The van der Waals surface area contributed by atoms with Crippen LogP contribution in [0.2, 0.25) is 0 Å². The van der Waals surface area contributed by atoms with E-state index in [1.54, 1.807) is 0 Å². The normalized spacial score (nSPS) is 17.5. The van der Waals surface area contributed by atoms with E-state index in [4.69, 9.17) is 0 Å². The maximum Gasteiger partial charge on any atom is 0.272 e. The molecule has 0 unspecified atom stereocenters. The van der Waals surface area contributed by atoms with Crippen LogP contribution >= 0.6 is 0 Å². The van der Waals surface area contributed by atoms with Gasteiger partial charge in [0.2, 0.25) is 0 Å². The lowest BCUT2D eigenvalue weighted by Gasteiger charge is -2.34. The van der Waals surface area contributed by atoms with Crippen LogP contribution in [0.4, 0.5) is 0 Å². The van der Waals surface area contributed by atoms with Gasteiger partial charge in [0.15, 0.2) is 5.69 Å². The first-order valence-electron chi connectivity index (χ1n) is 7.63. The minimum Gasteiger partial charge on any atom is -0.348 e. The van der Waals surface area contributed by atoms with Gasteiger partial charge in [-0.15, -0.1) is 0 Å². The van der Waals surface area contributed by atoms with Gasteiger partial charge in [-0.05, 0) is 32.8 Å². The SMILES string of the molecule is CC(C)N1CCC(NC(=O)c2n[nH]c3ccccc23)CC1. The molecule has 0 saturated carbocycles. The second-order valence-corrected chi connectivity index (χ2v) is 6.00. The molecule has 0 aliphatic carbocycles. The molecule has 3 rings (SSSR count). The van der Waals surface area contributed by atoms with Crippen molar-refractivity contribution in [3.63, 3.8) is 0 Å². The van der Waals surface area contributed by atoms with E-state index in [1.807, 2.05) is 24.3 Å². The molecule has 5 nitrogen and oxygen atoms in total. The van der Waals surface area contributed by atoms with Gasteiger partial charge in [-0.3, -0.25) is 9.89 Å². The Balaban J connectivity index is 1.65. The third kappa shape index (κ3) is 2.93. The van der Waals surface area contributed by atoms with Gasteiger partial charge in [0.05, 0.1) is 5.52 Å². The molecular formula is C16H22N4O. The number of para-hydroxylation sites is 1. The number of aromatic nitrogens is 2. The van der Waals surface area contributed by atoms with Gasteiger partial charge in [-0.1, -0.05) is 18.2 Å². The maximum absolute atomic E-state index is 12.4. The van der Waals surface area contributed by atoms with Crippen molar-refractivity contribution in [3.8, 4) is 0 Å². The van der Waals surface area contributed by atoms with Crippen LogP contribution in [-0.4, -0.2) is 46.2 Å². The number of likely N-dealkylation sites (tertiary alicyclic amines) is 1. The first-order chi connectivity index (χ1) is 10.1. The highest BCUT2D eigenvalue weighted by Crippen LogP contribution is 2.17. The standard InChI is InChI=1S/C16H22N4O/c1-11(2)20-9-7-12(8-10-20)17-16(21)15-13-5-3-4-6-14(13)18-19-15/h3-6,11-12H,7-10H2,1-2H3,(H,17,21)(H,18,19). The summed E-state index contributed by atoms with van der Waals surface area (Å²) in [5.41, 5.74) is 1.40. The van der Waals surface area contributed by atoms with Crippen LogP contribution in [0.1, 0.15) is 37.2 Å². The minimum absolute atomic E-state index is 0.0737. The smallest absolute Gasteiger partial charge is 0.272 e. The van der Waals surface area contributed by atoms with Crippen LogP contribution in [0.5, 0.6) is 0 Å². The molecule has 5 heteroatoms. The van der Waals surface area contributed by atoms with E-state index in [0.29, 0.717) is 11.7 Å². The summed E-state index contributed by atoms with van der Waals surface area (Å²) < 4.78 is 0. The number of carbonyl (C=O) groups excluding carboxylic acids is 1. The molecule has 1 aromatic carbocycles. The van der Waals surface area contributed by atoms with Gasteiger partial charge < -0.3 is 10.2 Å². The van der Waals surface area contributed by atoms with Crippen LogP contribution in [0.3, 0.4) is 0 Å². The van der Waals surface area contributed by atoms with E-state index >= 15 is 0 Å². The number of hydrogen-bond acceptors (Lipinski definition) is 3. The number of amides is 1. The molecule has 2 heterocycles. The number of fused-ring (bicyclic) bond motifs is 1. The number of carbonyl (C=O) groups is 1. The third-order valence-corrected chi connectivity index (χ3v) is 4.28. The van der Waals surface area contributed by atoms with Crippen molar-refractivity contribution in [2.45, 2.75) is 38.8 Å². The highest BCUT2D eigenvalue weighted by atomic mass is 16.2. The molecular weight excluding hydrogens is 264 g/mol. The summed E-state index contributed by atoms with van der Waals surface area (Å²) in [6.07, 6.45) is 2.01. The number of nitrogens with zero attached hydrogens (tertiary/aromatic N) is 2. The summed E-state index contributed by atoms with van der Waals surface area (Å²) >= 11 is 0. The first kappa shape index (κ1) is 14.1. The van der Waals surface area contributed by atoms with Crippen molar-refractivity contribution in [2.24, 2.45) is 0 Å². The van der Waals surface area contributed by atoms with Crippen LogP contribution < -0.4 is 5.32 Å². The molecule has 21 heavy (non-hydrogen) atoms. The molecule has 112 valence electrons. The third-order valence-electron chi connectivity index (χ3n) is 4.28. The number of hydrogen-bond donors (Lipinski definition) is 2. The summed E-state index contributed by atoms with van der Waals surface area (Å²) in [6.45, 7) is 6.53. The zero-order valence-corrected chi connectivity index (χ0v) is 12.6. The molecule has 1 amide bonds. The molecule has 1 aliphatic rings. The predicted molar refractivity (Wildman–Crippen MR) is 83.3 cm³/mol. The Morgan fingerprint density at radius 2 is 2.05 bits per heavy atom. The van der Waals surface area contributed by atoms with Crippen LogP contribution in [0.15, 0.2) is 24.3 Å². The van der Waals surface area contributed by atoms with Crippen molar-refractivity contribution in [1.82, 2.24) is 20.4 Å². The summed E-state index contributed by atoms with van der Waals surface area (Å²) in [5.74, 6) is -0.0737. The second-order valence-electron chi connectivity index (χ2n) is 6.00. The number of rotatable bonds is 3. The Bertz CT molecular complexity index is 626. The molecule has 1 aliphatic heterocycles. The Labute approximate surface area is 124 Å². The van der Waals surface area contributed by atoms with Crippen molar-refractivity contribution >= 4 is 16.8 Å². The lowest BCUT2D eigenvalue weighted by Crippen LogP contribution is -2.46. The Kier molecular flexibility index (Phi) is 3.92. The van der Waals surface area contributed by atoms with Crippen molar-refractivity contribution < 1.29 is 4.79 Å². The van der Waals surface area contributed by atoms with E-state index in [1.165, 1.54) is 0 Å². The van der Waals surface area contributed by atoms with Gasteiger partial charge >= 0.3 is 0 Å². The maximum atomic E-state index is 12.4. The zero-order chi connectivity index (χ0) is 14.8. The molecule has 1 aromatic heterocycles. The molecule has 0 atom stereocenters. The summed E-state index contributed by atoms with van der Waals surface area (Å²) in [7, 11) is 0. The lowest BCUT2D eigenvalue weighted by molar-refractivity contribution is 0.0897. The highest BCUT2D eigenvalue weighted by molar-refractivity contribution is 6.04. The minimum atomic E-state index is -0.0737. The largest absolute Gasteiger partial charge is 0.348 e. The molecule has 2 N–H and O–H groups in total. The molecule has 0 bridgehead atoms. The van der Waals surface area contributed by atoms with Crippen LogP contribution in [0.25, 0.3) is 10.9 Å². The van der Waals surface area contributed by atoms with E-state index < -0.39 is 0 Å². The lowest BCUT2D eigenvalue weighted by atomic mass is 10.0. The molecule has 2 aromatic rings.